The molecule has 0 bridgehead atoms. The zero-order chi connectivity index (χ0) is 25.0. The second-order valence-corrected chi connectivity index (χ2v) is 11.8. The lowest BCUT2D eigenvalue weighted by molar-refractivity contribution is -0.136. The van der Waals surface area contributed by atoms with Gasteiger partial charge in [-0.05, 0) is 49.6 Å². The number of carboxylic acid groups (broad SMARTS) is 1. The highest BCUT2D eigenvalue weighted by atomic mass is 127. The highest BCUT2D eigenvalue weighted by Crippen LogP contribution is 2.39. The van der Waals surface area contributed by atoms with E-state index >= 15 is 0 Å². The molecule has 1 aromatic carbocycles. The van der Waals surface area contributed by atoms with Crippen LogP contribution in [-0.2, 0) is 17.6 Å². The van der Waals surface area contributed by atoms with Crippen LogP contribution in [0.4, 0.5) is 10.1 Å². The van der Waals surface area contributed by atoms with Crippen molar-refractivity contribution < 1.29 is 19.0 Å². The van der Waals surface area contributed by atoms with Crippen molar-refractivity contribution in [2.75, 3.05) is 24.6 Å². The van der Waals surface area contributed by atoms with Crippen LogP contribution >= 0.6 is 22.6 Å². The van der Waals surface area contributed by atoms with Crippen LogP contribution in [0.2, 0.25) is 0 Å². The minimum atomic E-state index is -0.873. The molecule has 3 aromatic rings. The lowest BCUT2D eigenvalue weighted by Gasteiger charge is -2.39. The lowest BCUT2D eigenvalue weighted by atomic mass is 9.95. The number of halogens is 2. The number of pyridine rings is 2. The van der Waals surface area contributed by atoms with Gasteiger partial charge in [-0.1, -0.05) is 41.6 Å². The van der Waals surface area contributed by atoms with E-state index in [0.717, 1.165) is 59.7 Å². The fourth-order valence-electron chi connectivity index (χ4n) is 4.31. The predicted octanol–water partition coefficient (Wildman–Crippen LogP) is 5.63. The molecule has 0 atom stereocenters. The summed E-state index contributed by atoms with van der Waals surface area (Å²) in [6.45, 7) is 6.29. The van der Waals surface area contributed by atoms with Gasteiger partial charge >= 0.3 is 5.97 Å². The number of rotatable bonds is 8. The van der Waals surface area contributed by atoms with Crippen LogP contribution in [0, 0.1) is 12.7 Å². The number of benzene rings is 1. The third kappa shape index (κ3) is 6.48. The van der Waals surface area contributed by atoms with Gasteiger partial charge < -0.3 is 14.7 Å². The number of hydrogen-bond acceptors (Lipinski definition) is 5. The molecule has 1 N–H and O–H groups in total. The monoisotopic (exact) mass is 589 g/mol. The average Bonchev–Trinajstić information content (AvgIpc) is 2.82. The van der Waals surface area contributed by atoms with Gasteiger partial charge in [0.1, 0.15) is 11.6 Å². The van der Waals surface area contributed by atoms with E-state index in [9.17, 15) is 14.3 Å². The van der Waals surface area contributed by atoms with E-state index in [4.69, 9.17) is 4.74 Å². The van der Waals surface area contributed by atoms with Gasteiger partial charge in [0.25, 0.3) is 0 Å². The van der Waals surface area contributed by atoms with Crippen LogP contribution in [0.5, 0.6) is 5.75 Å². The Hall–Kier alpha value is -2.75. The molecule has 0 aliphatic carbocycles. The van der Waals surface area contributed by atoms with E-state index in [0.29, 0.717) is 18.8 Å². The van der Waals surface area contributed by atoms with Crippen molar-refractivity contribution in [3.63, 3.8) is 0 Å². The maximum atomic E-state index is 13.1. The van der Waals surface area contributed by atoms with Crippen molar-refractivity contribution >= 4 is 34.2 Å². The van der Waals surface area contributed by atoms with Gasteiger partial charge in [-0.25, -0.2) is 4.39 Å². The summed E-state index contributed by atoms with van der Waals surface area (Å²) in [7, 11) is 0. The number of ether oxygens (including phenoxy) is 1. The second kappa shape index (κ2) is 10.9. The molecule has 1 aliphatic rings. The molecule has 8 heteroatoms. The largest absolute Gasteiger partial charge is 0.492 e. The molecule has 0 saturated carbocycles. The zero-order valence-corrected chi connectivity index (χ0v) is 22.1. The van der Waals surface area contributed by atoms with E-state index in [1.807, 2.05) is 19.1 Å². The zero-order valence-electron chi connectivity index (χ0n) is 19.9. The summed E-state index contributed by atoms with van der Waals surface area (Å²) < 4.78 is 19.1. The molecule has 1 aliphatic heterocycles. The van der Waals surface area contributed by atoms with Gasteiger partial charge in [0, 0.05) is 45.9 Å². The first kappa shape index (κ1) is 25.3. The second-order valence-electron chi connectivity index (χ2n) is 9.16. The molecule has 0 spiro atoms. The molecular formula is C27H29FIN3O3. The van der Waals surface area contributed by atoms with Crippen LogP contribution in [-0.4, -0.2) is 44.2 Å². The topological polar surface area (TPSA) is 75.6 Å². The van der Waals surface area contributed by atoms with Gasteiger partial charge in [0.05, 0.1) is 30.6 Å². The predicted molar refractivity (Wildman–Crippen MR) is 143 cm³/mol. The van der Waals surface area contributed by atoms with Gasteiger partial charge in [0.2, 0.25) is 0 Å². The highest BCUT2D eigenvalue weighted by Gasteiger charge is 2.30. The summed E-state index contributed by atoms with van der Waals surface area (Å²) >= 11 is 2.52. The Kier molecular flexibility index (Phi) is 7.88. The molecule has 4 rings (SSSR count). The number of aromatic nitrogens is 2. The lowest BCUT2D eigenvalue weighted by Crippen LogP contribution is -2.40. The molecule has 0 unspecified atom stereocenters. The summed E-state index contributed by atoms with van der Waals surface area (Å²) in [5.74, 6) is -0.484. The molecule has 1 saturated heterocycles. The third-order valence-corrected chi connectivity index (χ3v) is 7.48. The quantitative estimate of drug-likeness (QED) is 0.271. The molecule has 0 amide bonds. The van der Waals surface area contributed by atoms with Crippen LogP contribution in [0.25, 0.3) is 11.3 Å². The van der Waals surface area contributed by atoms with Crippen molar-refractivity contribution in [2.45, 2.75) is 43.0 Å². The third-order valence-electron chi connectivity index (χ3n) is 6.40. The summed E-state index contributed by atoms with van der Waals surface area (Å²) in [6, 6.07) is 10.1. The maximum Gasteiger partial charge on any atom is 0.307 e. The molecular weight excluding hydrogens is 560 g/mol. The van der Waals surface area contributed by atoms with Crippen LogP contribution < -0.4 is 9.64 Å². The number of aryl methyl sites for hydroxylation is 1. The molecule has 2 aromatic heterocycles. The number of piperidine rings is 1. The minimum Gasteiger partial charge on any atom is -0.492 e. The Morgan fingerprint density at radius 2 is 1.86 bits per heavy atom. The molecule has 1 fully saturated rings. The van der Waals surface area contributed by atoms with Crippen LogP contribution in [0.15, 0.2) is 48.8 Å². The Labute approximate surface area is 218 Å². The van der Waals surface area contributed by atoms with E-state index in [-0.39, 0.29) is 15.7 Å². The van der Waals surface area contributed by atoms with Crippen molar-refractivity contribution in [3.05, 3.63) is 71.4 Å². The minimum absolute atomic E-state index is 0.0788. The number of hydrogen-bond donors (Lipinski definition) is 1. The average molecular weight is 589 g/mol. The summed E-state index contributed by atoms with van der Waals surface area (Å²) in [5.41, 5.74) is 4.96. The van der Waals surface area contributed by atoms with E-state index in [1.54, 1.807) is 24.5 Å². The molecule has 3 heterocycles. The summed E-state index contributed by atoms with van der Waals surface area (Å²) in [5, 5.41) is 9.58. The highest BCUT2D eigenvalue weighted by molar-refractivity contribution is 14.1. The fourth-order valence-corrected chi connectivity index (χ4v) is 4.79. The van der Waals surface area contributed by atoms with Gasteiger partial charge in [-0.15, -0.1) is 0 Å². The standard InChI is InChI=1S/C27H29FIN3O3/c1-18-22(15-25(33)34)26(32-12-10-27(2,29)11-13-32)23(17-30-18)24-8-7-21(16-31-24)35-14-9-19-3-5-20(28)6-4-19/h3-8,16-17H,9-15H2,1-2H3,(H,33,34). The Morgan fingerprint density at radius 3 is 2.49 bits per heavy atom. The van der Waals surface area contributed by atoms with Crippen LogP contribution in [0.3, 0.4) is 0 Å². The molecule has 0 radical (unpaired) electrons. The maximum absolute atomic E-state index is 13.1. The number of carbonyl (C=O) groups is 1. The van der Waals surface area contributed by atoms with E-state index in [2.05, 4.69) is 44.4 Å². The van der Waals surface area contributed by atoms with Crippen molar-refractivity contribution in [1.29, 1.82) is 0 Å². The SMILES string of the molecule is Cc1ncc(-c2ccc(OCCc3ccc(F)cc3)cn2)c(N2CCC(C)(I)CC2)c1CC(=O)O. The Bertz CT molecular complexity index is 1170. The molecule has 35 heavy (non-hydrogen) atoms. The smallest absolute Gasteiger partial charge is 0.307 e. The van der Waals surface area contributed by atoms with Gasteiger partial charge in [-0.3, -0.25) is 14.8 Å². The van der Waals surface area contributed by atoms with E-state index < -0.39 is 5.97 Å². The summed E-state index contributed by atoms with van der Waals surface area (Å²) in [4.78, 5) is 23.1. The number of aliphatic carboxylic acids is 1. The first-order valence-electron chi connectivity index (χ1n) is 11.7. The number of alkyl halides is 1. The number of anilines is 1. The fraction of sp³-hybridized carbons (Fsp3) is 0.370. The summed E-state index contributed by atoms with van der Waals surface area (Å²) in [6.07, 6.45) is 6.11. The number of carboxylic acids is 1. The molecule has 184 valence electrons. The van der Waals surface area contributed by atoms with Crippen molar-refractivity contribution in [2.24, 2.45) is 0 Å². The first-order chi connectivity index (χ1) is 16.7. The van der Waals surface area contributed by atoms with Crippen molar-refractivity contribution in [1.82, 2.24) is 9.97 Å². The van der Waals surface area contributed by atoms with Gasteiger partial charge in [-0.2, -0.15) is 0 Å². The Balaban J connectivity index is 1.56. The van der Waals surface area contributed by atoms with Gasteiger partial charge in [0.15, 0.2) is 0 Å². The first-order valence-corrected chi connectivity index (χ1v) is 12.8. The van der Waals surface area contributed by atoms with E-state index in [1.165, 1.54) is 12.1 Å². The normalized spacial score (nSPS) is 15.1. The number of nitrogens with zero attached hydrogens (tertiary/aromatic N) is 3. The molecule has 6 nitrogen and oxygen atoms in total. The van der Waals surface area contributed by atoms with Crippen LogP contribution in [0.1, 0.15) is 36.6 Å². The van der Waals surface area contributed by atoms with Crippen molar-refractivity contribution in [3.8, 4) is 17.0 Å². The Morgan fingerprint density at radius 1 is 1.14 bits per heavy atom.